The van der Waals surface area contributed by atoms with Gasteiger partial charge in [0.25, 0.3) is 0 Å². The molecule has 2 aromatic carbocycles. The predicted octanol–water partition coefficient (Wildman–Crippen LogP) is 4.00. The first-order chi connectivity index (χ1) is 7.88. The summed E-state index contributed by atoms with van der Waals surface area (Å²) in [7, 11) is 0. The molecule has 0 saturated carbocycles. The standard InChI is InChI=1S/C14H12O2/c1-2-15-12-8-10-14(11-9-12)16-13-6-4-3-5-7-13/h2-11H,1H2. The highest BCUT2D eigenvalue weighted by Gasteiger charge is 1.96. The molecule has 0 amide bonds. The van der Waals surface area contributed by atoms with Crippen molar-refractivity contribution in [1.82, 2.24) is 0 Å². The number of hydrogen-bond acceptors (Lipinski definition) is 2. The highest BCUT2D eigenvalue weighted by molar-refractivity contribution is 5.35. The summed E-state index contributed by atoms with van der Waals surface area (Å²) < 4.78 is 10.7. The number of hydrogen-bond donors (Lipinski definition) is 0. The van der Waals surface area contributed by atoms with Crippen LogP contribution in [0.3, 0.4) is 0 Å². The molecule has 0 aromatic heterocycles. The fourth-order valence-corrected chi connectivity index (χ4v) is 1.31. The highest BCUT2D eigenvalue weighted by Crippen LogP contribution is 2.23. The number of benzene rings is 2. The molecule has 0 bridgehead atoms. The van der Waals surface area contributed by atoms with Crippen LogP contribution in [0.15, 0.2) is 67.4 Å². The summed E-state index contributed by atoms with van der Waals surface area (Å²) in [4.78, 5) is 0. The third-order valence-electron chi connectivity index (χ3n) is 2.02. The first-order valence-electron chi connectivity index (χ1n) is 4.99. The normalized spacial score (nSPS) is 9.50. The fraction of sp³-hybridized carbons (Fsp3) is 0. The molecule has 0 spiro atoms. The van der Waals surface area contributed by atoms with Crippen LogP contribution < -0.4 is 9.47 Å². The third kappa shape index (κ3) is 2.64. The summed E-state index contributed by atoms with van der Waals surface area (Å²) in [6, 6.07) is 17.0. The molecule has 0 heterocycles. The van der Waals surface area contributed by atoms with Crippen molar-refractivity contribution in [2.45, 2.75) is 0 Å². The summed E-state index contributed by atoms with van der Waals surface area (Å²) in [5.41, 5.74) is 0. The molecule has 0 aliphatic rings. The van der Waals surface area contributed by atoms with Gasteiger partial charge in [-0.1, -0.05) is 24.8 Å². The van der Waals surface area contributed by atoms with Crippen molar-refractivity contribution in [3.63, 3.8) is 0 Å². The van der Waals surface area contributed by atoms with E-state index in [2.05, 4.69) is 6.58 Å². The Morgan fingerprint density at radius 1 is 0.750 bits per heavy atom. The first-order valence-corrected chi connectivity index (χ1v) is 4.99. The molecular formula is C14H12O2. The summed E-state index contributed by atoms with van der Waals surface area (Å²) in [5, 5.41) is 0. The summed E-state index contributed by atoms with van der Waals surface area (Å²) >= 11 is 0. The minimum Gasteiger partial charge on any atom is -0.466 e. The smallest absolute Gasteiger partial charge is 0.127 e. The molecule has 2 nitrogen and oxygen atoms in total. The van der Waals surface area contributed by atoms with Gasteiger partial charge in [-0.3, -0.25) is 0 Å². The predicted molar refractivity (Wildman–Crippen MR) is 63.8 cm³/mol. The monoisotopic (exact) mass is 212 g/mol. The lowest BCUT2D eigenvalue weighted by Gasteiger charge is -2.05. The lowest BCUT2D eigenvalue weighted by molar-refractivity contribution is 0.469. The average Bonchev–Trinajstić information content (AvgIpc) is 2.33. The molecule has 2 heteroatoms. The van der Waals surface area contributed by atoms with Gasteiger partial charge < -0.3 is 9.47 Å². The van der Waals surface area contributed by atoms with Gasteiger partial charge in [-0.2, -0.15) is 0 Å². The van der Waals surface area contributed by atoms with E-state index >= 15 is 0 Å². The van der Waals surface area contributed by atoms with Crippen molar-refractivity contribution in [2.75, 3.05) is 0 Å². The SMILES string of the molecule is C=COc1ccc(Oc2ccccc2)cc1. The highest BCUT2D eigenvalue weighted by atomic mass is 16.5. The summed E-state index contributed by atoms with van der Waals surface area (Å²) in [6.07, 6.45) is 1.40. The van der Waals surface area contributed by atoms with Crippen molar-refractivity contribution in [3.8, 4) is 17.2 Å². The van der Waals surface area contributed by atoms with E-state index in [1.54, 1.807) is 0 Å². The Balaban J connectivity index is 2.08. The second-order valence-electron chi connectivity index (χ2n) is 3.17. The summed E-state index contributed by atoms with van der Waals surface area (Å²) in [6.45, 7) is 3.49. The van der Waals surface area contributed by atoms with E-state index in [-0.39, 0.29) is 0 Å². The topological polar surface area (TPSA) is 18.5 Å². The van der Waals surface area contributed by atoms with Crippen molar-refractivity contribution in [1.29, 1.82) is 0 Å². The zero-order chi connectivity index (χ0) is 11.2. The maximum atomic E-state index is 5.63. The van der Waals surface area contributed by atoms with Gasteiger partial charge in [-0.25, -0.2) is 0 Å². The van der Waals surface area contributed by atoms with Gasteiger partial charge in [0.05, 0.1) is 6.26 Å². The molecule has 0 radical (unpaired) electrons. The molecule has 0 fully saturated rings. The van der Waals surface area contributed by atoms with Crippen LogP contribution in [0, 0.1) is 0 Å². The molecule has 2 aromatic rings. The Morgan fingerprint density at radius 2 is 1.31 bits per heavy atom. The number of rotatable bonds is 4. The minimum atomic E-state index is 0.746. The van der Waals surface area contributed by atoms with Crippen LogP contribution in [-0.4, -0.2) is 0 Å². The molecule has 0 atom stereocenters. The second kappa shape index (κ2) is 5.03. The zero-order valence-electron chi connectivity index (χ0n) is 8.80. The average molecular weight is 212 g/mol. The van der Waals surface area contributed by atoms with Crippen molar-refractivity contribution >= 4 is 0 Å². The van der Waals surface area contributed by atoms with Crippen molar-refractivity contribution in [3.05, 3.63) is 67.4 Å². The number of ether oxygens (including phenoxy) is 2. The van der Waals surface area contributed by atoms with E-state index in [9.17, 15) is 0 Å². The van der Waals surface area contributed by atoms with Crippen molar-refractivity contribution in [2.24, 2.45) is 0 Å². The molecule has 2 rings (SSSR count). The zero-order valence-corrected chi connectivity index (χ0v) is 8.80. The van der Waals surface area contributed by atoms with Gasteiger partial charge >= 0.3 is 0 Å². The van der Waals surface area contributed by atoms with Crippen molar-refractivity contribution < 1.29 is 9.47 Å². The Labute approximate surface area is 94.8 Å². The van der Waals surface area contributed by atoms with Crippen LogP contribution in [-0.2, 0) is 0 Å². The van der Waals surface area contributed by atoms with Crippen LogP contribution >= 0.6 is 0 Å². The lowest BCUT2D eigenvalue weighted by Crippen LogP contribution is -1.84. The van der Waals surface area contributed by atoms with Gasteiger partial charge in [0, 0.05) is 0 Å². The quantitative estimate of drug-likeness (QED) is 0.713. The molecule has 0 aliphatic heterocycles. The Bertz CT molecular complexity index is 446. The number of para-hydroxylation sites is 1. The maximum Gasteiger partial charge on any atom is 0.127 e. The Hall–Kier alpha value is -2.22. The van der Waals surface area contributed by atoms with E-state index in [1.165, 1.54) is 6.26 Å². The molecule has 0 N–H and O–H groups in total. The van der Waals surface area contributed by atoms with Crippen LogP contribution in [0.1, 0.15) is 0 Å². The largest absolute Gasteiger partial charge is 0.466 e. The van der Waals surface area contributed by atoms with Gasteiger partial charge in [-0.15, -0.1) is 0 Å². The van der Waals surface area contributed by atoms with Crippen LogP contribution in [0.2, 0.25) is 0 Å². The van der Waals surface area contributed by atoms with Crippen LogP contribution in [0.25, 0.3) is 0 Å². The fourth-order valence-electron chi connectivity index (χ4n) is 1.31. The molecular weight excluding hydrogens is 200 g/mol. The van der Waals surface area contributed by atoms with E-state index in [0.717, 1.165) is 17.2 Å². The molecule has 16 heavy (non-hydrogen) atoms. The lowest BCUT2D eigenvalue weighted by atomic mass is 10.3. The first kappa shape index (κ1) is 10.3. The van der Waals surface area contributed by atoms with E-state index in [0.29, 0.717) is 0 Å². The van der Waals surface area contributed by atoms with E-state index in [1.807, 2.05) is 54.6 Å². The third-order valence-corrected chi connectivity index (χ3v) is 2.02. The molecule has 0 aliphatic carbocycles. The maximum absolute atomic E-state index is 5.63. The van der Waals surface area contributed by atoms with Crippen LogP contribution in [0.4, 0.5) is 0 Å². The van der Waals surface area contributed by atoms with Crippen LogP contribution in [0.5, 0.6) is 17.2 Å². The van der Waals surface area contributed by atoms with Gasteiger partial charge in [0.1, 0.15) is 17.2 Å². The van der Waals surface area contributed by atoms with Gasteiger partial charge in [-0.05, 0) is 36.4 Å². The minimum absolute atomic E-state index is 0.746. The van der Waals surface area contributed by atoms with Gasteiger partial charge in [0.2, 0.25) is 0 Å². The van der Waals surface area contributed by atoms with E-state index < -0.39 is 0 Å². The Morgan fingerprint density at radius 3 is 1.94 bits per heavy atom. The molecule has 80 valence electrons. The molecule has 0 unspecified atom stereocenters. The van der Waals surface area contributed by atoms with E-state index in [4.69, 9.17) is 9.47 Å². The summed E-state index contributed by atoms with van der Waals surface area (Å²) in [5.74, 6) is 2.35. The molecule has 0 saturated heterocycles. The van der Waals surface area contributed by atoms with Gasteiger partial charge in [0.15, 0.2) is 0 Å². The Kier molecular flexibility index (Phi) is 3.24. The second-order valence-corrected chi connectivity index (χ2v) is 3.17.